The smallest absolute Gasteiger partial charge is 0.406 e. The Bertz CT molecular complexity index is 1510. The monoisotopic (exact) mass is 525 g/mol. The van der Waals surface area contributed by atoms with Crippen LogP contribution >= 0.6 is 22.9 Å². The summed E-state index contributed by atoms with van der Waals surface area (Å²) in [6.07, 6.45) is -4.75. The molecule has 0 aliphatic heterocycles. The Hall–Kier alpha value is -3.62. The topological polar surface area (TPSA) is 38.2 Å². The highest BCUT2D eigenvalue weighted by Crippen LogP contribution is 2.39. The highest BCUT2D eigenvalue weighted by Gasteiger charge is 2.31. The summed E-state index contributed by atoms with van der Waals surface area (Å²) in [6, 6.07) is 23.4. The van der Waals surface area contributed by atoms with Crippen LogP contribution in [0.25, 0.3) is 21.5 Å². The molecule has 36 heavy (non-hydrogen) atoms. The molecule has 0 bridgehead atoms. The highest BCUT2D eigenvalue weighted by atomic mass is 35.5. The van der Waals surface area contributed by atoms with E-state index in [1.54, 1.807) is 12.1 Å². The molecule has 9 heteroatoms. The van der Waals surface area contributed by atoms with Crippen molar-refractivity contribution in [1.82, 2.24) is 9.97 Å². The van der Waals surface area contributed by atoms with Gasteiger partial charge in [0.15, 0.2) is 0 Å². The molecular weight excluding hydrogens is 507 g/mol. The van der Waals surface area contributed by atoms with E-state index in [1.807, 2.05) is 71.8 Å². The number of fused-ring (bicyclic) bond motifs is 1. The Morgan fingerprint density at radius 2 is 1.69 bits per heavy atom. The van der Waals surface area contributed by atoms with Crippen molar-refractivity contribution >= 4 is 50.5 Å². The second-order valence-corrected chi connectivity index (χ2v) is 9.17. The molecule has 5 rings (SSSR count). The maximum absolute atomic E-state index is 12.6. The number of anilines is 3. The average molecular weight is 526 g/mol. The van der Waals surface area contributed by atoms with E-state index in [-0.39, 0.29) is 5.75 Å². The maximum atomic E-state index is 12.6. The van der Waals surface area contributed by atoms with Crippen LogP contribution in [0.1, 0.15) is 11.1 Å². The summed E-state index contributed by atoms with van der Waals surface area (Å²) in [7, 11) is 0. The lowest BCUT2D eigenvalue weighted by molar-refractivity contribution is -0.274. The summed E-state index contributed by atoms with van der Waals surface area (Å²) in [6.45, 7) is 2.01. The summed E-state index contributed by atoms with van der Waals surface area (Å²) in [5, 5.41) is 2.73. The van der Waals surface area contributed by atoms with E-state index in [1.165, 1.54) is 23.5 Å². The number of nitrogens with zero attached hydrogens (tertiary/aromatic N) is 3. The maximum Gasteiger partial charge on any atom is 0.573 e. The number of thiophene rings is 1. The number of aryl methyl sites for hydroxylation is 1. The lowest BCUT2D eigenvalue weighted by Gasteiger charge is -2.26. The van der Waals surface area contributed by atoms with E-state index in [0.29, 0.717) is 23.1 Å². The molecule has 0 aliphatic carbocycles. The molecule has 0 amide bonds. The van der Waals surface area contributed by atoms with Crippen LogP contribution in [0, 0.1) is 6.92 Å². The third-order valence-corrected chi connectivity index (χ3v) is 6.67. The molecule has 0 radical (unpaired) electrons. The number of ether oxygens (including phenoxy) is 1. The molecule has 182 valence electrons. The lowest BCUT2D eigenvalue weighted by Crippen LogP contribution is -2.17. The van der Waals surface area contributed by atoms with Gasteiger partial charge >= 0.3 is 6.36 Å². The summed E-state index contributed by atoms with van der Waals surface area (Å²) in [4.78, 5) is 12.5. The summed E-state index contributed by atoms with van der Waals surface area (Å²) < 4.78 is 41.9. The van der Waals surface area contributed by atoms with Crippen molar-refractivity contribution in [2.45, 2.75) is 19.2 Å². The van der Waals surface area contributed by atoms with Crippen LogP contribution in [0.5, 0.6) is 5.75 Å². The quantitative estimate of drug-likeness (QED) is 0.208. The van der Waals surface area contributed by atoms with Crippen LogP contribution in [0.15, 0.2) is 84.2 Å². The number of aromatic nitrogens is 2. The van der Waals surface area contributed by atoms with Crippen molar-refractivity contribution in [3.05, 3.63) is 95.4 Å². The zero-order valence-electron chi connectivity index (χ0n) is 19.0. The van der Waals surface area contributed by atoms with E-state index < -0.39 is 6.36 Å². The second-order valence-electron chi connectivity index (χ2n) is 8.01. The van der Waals surface area contributed by atoms with Crippen molar-refractivity contribution in [1.29, 1.82) is 0 Å². The molecule has 0 N–H and O–H groups in total. The number of benzene rings is 3. The van der Waals surface area contributed by atoms with Gasteiger partial charge in [0.25, 0.3) is 0 Å². The summed E-state index contributed by atoms with van der Waals surface area (Å²) in [5.41, 5.74) is 4.98. The van der Waals surface area contributed by atoms with Gasteiger partial charge in [0.05, 0.1) is 11.4 Å². The predicted molar refractivity (Wildman–Crippen MR) is 139 cm³/mol. The van der Waals surface area contributed by atoms with Gasteiger partial charge in [0.2, 0.25) is 5.95 Å². The first-order valence-electron chi connectivity index (χ1n) is 10.9. The van der Waals surface area contributed by atoms with Crippen molar-refractivity contribution in [2.75, 3.05) is 4.90 Å². The molecule has 2 heterocycles. The van der Waals surface area contributed by atoms with Crippen LogP contribution < -0.4 is 9.64 Å². The molecule has 0 saturated carbocycles. The summed E-state index contributed by atoms with van der Waals surface area (Å²) >= 11 is 7.61. The van der Waals surface area contributed by atoms with Gasteiger partial charge in [-0.05, 0) is 72.0 Å². The number of alkyl halides is 4. The van der Waals surface area contributed by atoms with Crippen molar-refractivity contribution < 1.29 is 17.9 Å². The Balaban J connectivity index is 1.68. The van der Waals surface area contributed by atoms with Gasteiger partial charge < -0.3 is 4.74 Å². The van der Waals surface area contributed by atoms with Crippen molar-refractivity contribution in [3.8, 4) is 17.0 Å². The molecule has 2 aromatic heterocycles. The Morgan fingerprint density at radius 1 is 0.944 bits per heavy atom. The zero-order chi connectivity index (χ0) is 25.3. The first-order valence-corrected chi connectivity index (χ1v) is 12.4. The van der Waals surface area contributed by atoms with Crippen LogP contribution in [-0.2, 0) is 5.88 Å². The minimum Gasteiger partial charge on any atom is -0.406 e. The zero-order valence-corrected chi connectivity index (χ0v) is 20.5. The first kappa shape index (κ1) is 24.1. The van der Waals surface area contributed by atoms with Crippen LogP contribution in [0.2, 0.25) is 0 Å². The molecular formula is C27H19ClF3N3OS. The highest BCUT2D eigenvalue weighted by molar-refractivity contribution is 7.16. The van der Waals surface area contributed by atoms with E-state index in [9.17, 15) is 13.2 Å². The molecule has 0 fully saturated rings. The first-order chi connectivity index (χ1) is 17.3. The van der Waals surface area contributed by atoms with Crippen LogP contribution in [-0.4, -0.2) is 16.3 Å². The molecule has 5 aromatic rings. The number of para-hydroxylation sites is 1. The molecule has 0 aliphatic rings. The van der Waals surface area contributed by atoms with Gasteiger partial charge in [-0.25, -0.2) is 9.97 Å². The van der Waals surface area contributed by atoms with Gasteiger partial charge in [0, 0.05) is 22.5 Å². The predicted octanol–water partition coefficient (Wildman–Crippen LogP) is 8.77. The average Bonchev–Trinajstić information content (AvgIpc) is 3.34. The molecule has 4 nitrogen and oxygen atoms in total. The van der Waals surface area contributed by atoms with E-state index >= 15 is 0 Å². The van der Waals surface area contributed by atoms with Gasteiger partial charge in [-0.2, -0.15) is 0 Å². The minimum absolute atomic E-state index is 0.290. The standard InChI is InChI=1S/C27H19ClF3N3OS/c1-17-7-8-18(16-28)15-23(17)34(20-5-3-2-4-6-20)26-32-24(22-13-14-36-25(22)33-26)19-9-11-21(12-10-19)35-27(29,30)31/h2-15H,16H2,1H3. The molecule has 0 saturated heterocycles. The fourth-order valence-corrected chi connectivity index (χ4v) is 4.82. The van der Waals surface area contributed by atoms with Gasteiger partial charge in [-0.3, -0.25) is 4.90 Å². The number of hydrogen-bond donors (Lipinski definition) is 0. The summed E-state index contributed by atoms with van der Waals surface area (Å²) in [5.74, 6) is 0.510. The number of hydrogen-bond acceptors (Lipinski definition) is 5. The Morgan fingerprint density at radius 3 is 2.39 bits per heavy atom. The van der Waals surface area contributed by atoms with E-state index in [0.717, 1.165) is 32.7 Å². The molecule has 0 spiro atoms. The van der Waals surface area contributed by atoms with Gasteiger partial charge in [0.1, 0.15) is 10.6 Å². The van der Waals surface area contributed by atoms with Gasteiger partial charge in [-0.15, -0.1) is 36.1 Å². The van der Waals surface area contributed by atoms with E-state index in [2.05, 4.69) is 4.74 Å². The lowest BCUT2D eigenvalue weighted by atomic mass is 10.1. The molecule has 0 atom stereocenters. The fraction of sp³-hybridized carbons (Fsp3) is 0.111. The van der Waals surface area contributed by atoms with E-state index in [4.69, 9.17) is 21.6 Å². The van der Waals surface area contributed by atoms with Crippen molar-refractivity contribution in [3.63, 3.8) is 0 Å². The number of rotatable bonds is 6. The van der Waals surface area contributed by atoms with Crippen LogP contribution in [0.3, 0.4) is 0 Å². The van der Waals surface area contributed by atoms with Crippen LogP contribution in [0.4, 0.5) is 30.5 Å². The Kier molecular flexibility index (Phi) is 6.55. The molecule has 0 unspecified atom stereocenters. The number of halogens is 4. The van der Waals surface area contributed by atoms with Gasteiger partial charge in [-0.1, -0.05) is 30.3 Å². The SMILES string of the molecule is Cc1ccc(CCl)cc1N(c1ccccc1)c1nc(-c2ccc(OC(F)(F)F)cc2)c2ccsc2n1. The third kappa shape index (κ3) is 5.01. The largest absolute Gasteiger partial charge is 0.573 e. The fourth-order valence-electron chi connectivity index (χ4n) is 3.90. The second kappa shape index (κ2) is 9.79. The third-order valence-electron chi connectivity index (χ3n) is 5.56. The minimum atomic E-state index is -4.75. The van der Waals surface area contributed by atoms with Crippen molar-refractivity contribution in [2.24, 2.45) is 0 Å². The Labute approximate surface area is 214 Å². The normalized spacial score (nSPS) is 11.6. The molecule has 3 aromatic carbocycles.